The molecule has 0 aromatic heterocycles. The summed E-state index contributed by atoms with van der Waals surface area (Å²) in [6.45, 7) is 6.05. The van der Waals surface area contributed by atoms with Gasteiger partial charge in [0.2, 0.25) is 0 Å². The third-order valence-corrected chi connectivity index (χ3v) is 3.21. The fourth-order valence-corrected chi connectivity index (χ4v) is 1.94. The number of piperidine rings is 1. The van der Waals surface area contributed by atoms with E-state index >= 15 is 0 Å². The second-order valence-electron chi connectivity index (χ2n) is 4.74. The Labute approximate surface area is 98.8 Å². The molecule has 0 aromatic rings. The summed E-state index contributed by atoms with van der Waals surface area (Å²) in [5, 5.41) is 5.83. The lowest BCUT2D eigenvalue weighted by Gasteiger charge is -2.28. The van der Waals surface area contributed by atoms with Crippen LogP contribution in [0, 0.1) is 5.92 Å². The Morgan fingerprint density at radius 1 is 1.31 bits per heavy atom. The van der Waals surface area contributed by atoms with Gasteiger partial charge in [0.25, 0.3) is 0 Å². The van der Waals surface area contributed by atoms with Gasteiger partial charge < -0.3 is 15.5 Å². The number of rotatable bonds is 5. The molecule has 0 radical (unpaired) electrons. The van der Waals surface area contributed by atoms with Gasteiger partial charge in [-0.15, -0.1) is 0 Å². The number of amides is 2. The van der Waals surface area contributed by atoms with Gasteiger partial charge in [-0.1, -0.05) is 13.3 Å². The largest absolute Gasteiger partial charge is 0.338 e. The molecular weight excluding hydrogens is 202 g/mol. The van der Waals surface area contributed by atoms with Gasteiger partial charge in [-0.3, -0.25) is 0 Å². The Morgan fingerprint density at radius 3 is 2.62 bits per heavy atom. The standard InChI is InChI=1S/C12H25N3O/c1-3-4-7-13-12(16)14-10-11-5-8-15(2)9-6-11/h11H,3-10H2,1-2H3,(H2,13,14,16). The lowest BCUT2D eigenvalue weighted by atomic mass is 9.97. The average molecular weight is 227 g/mol. The predicted octanol–water partition coefficient (Wildman–Crippen LogP) is 1.43. The minimum absolute atomic E-state index is 0.00706. The quantitative estimate of drug-likeness (QED) is 0.698. The Kier molecular flexibility index (Phi) is 6.23. The van der Waals surface area contributed by atoms with Gasteiger partial charge >= 0.3 is 6.03 Å². The second kappa shape index (κ2) is 7.49. The highest BCUT2D eigenvalue weighted by molar-refractivity contribution is 5.73. The summed E-state index contributed by atoms with van der Waals surface area (Å²) in [5.41, 5.74) is 0. The van der Waals surface area contributed by atoms with E-state index in [1.165, 1.54) is 12.8 Å². The molecule has 1 aliphatic heterocycles. The molecule has 1 saturated heterocycles. The van der Waals surface area contributed by atoms with Crippen molar-refractivity contribution >= 4 is 6.03 Å². The number of carbonyl (C=O) groups is 1. The minimum Gasteiger partial charge on any atom is -0.338 e. The maximum Gasteiger partial charge on any atom is 0.314 e. The molecule has 1 heterocycles. The molecule has 2 amide bonds. The first kappa shape index (κ1) is 13.3. The van der Waals surface area contributed by atoms with Crippen molar-refractivity contribution in [3.63, 3.8) is 0 Å². The Balaban J connectivity index is 2.03. The summed E-state index contributed by atoms with van der Waals surface area (Å²) in [6, 6.07) is -0.00706. The highest BCUT2D eigenvalue weighted by Gasteiger charge is 2.16. The van der Waals surface area contributed by atoms with Crippen molar-refractivity contribution in [1.82, 2.24) is 15.5 Å². The average Bonchev–Trinajstić information content (AvgIpc) is 2.29. The van der Waals surface area contributed by atoms with Crippen LogP contribution in [0.4, 0.5) is 4.79 Å². The molecular formula is C12H25N3O. The van der Waals surface area contributed by atoms with Crippen LogP contribution >= 0.6 is 0 Å². The summed E-state index contributed by atoms with van der Waals surface area (Å²) in [4.78, 5) is 13.7. The van der Waals surface area contributed by atoms with Crippen molar-refractivity contribution in [3.8, 4) is 0 Å². The molecule has 0 bridgehead atoms. The number of nitrogens with zero attached hydrogens (tertiary/aromatic N) is 1. The van der Waals surface area contributed by atoms with Crippen molar-refractivity contribution in [3.05, 3.63) is 0 Å². The Hall–Kier alpha value is -0.770. The van der Waals surface area contributed by atoms with Crippen LogP contribution < -0.4 is 10.6 Å². The topological polar surface area (TPSA) is 44.4 Å². The Morgan fingerprint density at radius 2 is 2.00 bits per heavy atom. The molecule has 1 aliphatic rings. The lowest BCUT2D eigenvalue weighted by Crippen LogP contribution is -2.41. The van der Waals surface area contributed by atoms with E-state index in [9.17, 15) is 4.79 Å². The van der Waals surface area contributed by atoms with Crippen molar-refractivity contribution in [2.75, 3.05) is 33.2 Å². The molecule has 2 N–H and O–H groups in total. The molecule has 16 heavy (non-hydrogen) atoms. The lowest BCUT2D eigenvalue weighted by molar-refractivity contribution is 0.210. The van der Waals surface area contributed by atoms with Gasteiger partial charge in [-0.05, 0) is 45.3 Å². The third-order valence-electron chi connectivity index (χ3n) is 3.21. The number of urea groups is 1. The van der Waals surface area contributed by atoms with E-state index in [1.54, 1.807) is 0 Å². The number of carbonyl (C=O) groups excluding carboxylic acids is 1. The second-order valence-corrected chi connectivity index (χ2v) is 4.74. The van der Waals surface area contributed by atoms with E-state index < -0.39 is 0 Å². The summed E-state index contributed by atoms with van der Waals surface area (Å²) < 4.78 is 0. The molecule has 0 saturated carbocycles. The van der Waals surface area contributed by atoms with Crippen LogP contribution in [-0.4, -0.2) is 44.2 Å². The number of unbranched alkanes of at least 4 members (excludes halogenated alkanes) is 1. The summed E-state index contributed by atoms with van der Waals surface area (Å²) in [7, 11) is 2.15. The zero-order valence-corrected chi connectivity index (χ0v) is 10.6. The van der Waals surface area contributed by atoms with Gasteiger partial charge in [-0.25, -0.2) is 4.79 Å². The van der Waals surface area contributed by atoms with Crippen LogP contribution in [0.1, 0.15) is 32.6 Å². The van der Waals surface area contributed by atoms with E-state index in [1.807, 2.05) is 0 Å². The SMILES string of the molecule is CCCCNC(=O)NCC1CCN(C)CC1. The zero-order valence-electron chi connectivity index (χ0n) is 10.6. The molecule has 4 heteroatoms. The van der Waals surface area contributed by atoms with E-state index in [-0.39, 0.29) is 6.03 Å². The van der Waals surface area contributed by atoms with E-state index in [2.05, 4.69) is 29.5 Å². The summed E-state index contributed by atoms with van der Waals surface area (Å²) in [6.07, 6.45) is 4.58. The van der Waals surface area contributed by atoms with Crippen LogP contribution in [0.3, 0.4) is 0 Å². The van der Waals surface area contributed by atoms with Crippen molar-refractivity contribution < 1.29 is 4.79 Å². The van der Waals surface area contributed by atoms with Crippen LogP contribution in [0.15, 0.2) is 0 Å². The first-order chi connectivity index (χ1) is 7.72. The van der Waals surface area contributed by atoms with Gasteiger partial charge in [0, 0.05) is 13.1 Å². The molecule has 0 aromatic carbocycles. The van der Waals surface area contributed by atoms with Gasteiger partial charge in [0.1, 0.15) is 0 Å². The third kappa shape index (κ3) is 5.35. The van der Waals surface area contributed by atoms with Crippen molar-refractivity contribution in [2.24, 2.45) is 5.92 Å². The van der Waals surface area contributed by atoms with Crippen molar-refractivity contribution in [1.29, 1.82) is 0 Å². The van der Waals surface area contributed by atoms with Gasteiger partial charge in [-0.2, -0.15) is 0 Å². The van der Waals surface area contributed by atoms with Gasteiger partial charge in [0.15, 0.2) is 0 Å². The minimum atomic E-state index is -0.00706. The Bertz CT molecular complexity index is 200. The number of nitrogens with one attached hydrogen (secondary N) is 2. The monoisotopic (exact) mass is 227 g/mol. The highest BCUT2D eigenvalue weighted by atomic mass is 16.2. The van der Waals surface area contributed by atoms with Crippen LogP contribution in [0.5, 0.6) is 0 Å². The van der Waals surface area contributed by atoms with Crippen LogP contribution in [0.2, 0.25) is 0 Å². The first-order valence-electron chi connectivity index (χ1n) is 6.42. The molecule has 0 aliphatic carbocycles. The summed E-state index contributed by atoms with van der Waals surface area (Å²) >= 11 is 0. The summed E-state index contributed by atoms with van der Waals surface area (Å²) in [5.74, 6) is 0.660. The van der Waals surface area contributed by atoms with Crippen LogP contribution in [-0.2, 0) is 0 Å². The number of hydrogen-bond acceptors (Lipinski definition) is 2. The number of likely N-dealkylation sites (tertiary alicyclic amines) is 1. The van der Waals surface area contributed by atoms with E-state index in [0.717, 1.165) is 39.0 Å². The molecule has 0 spiro atoms. The van der Waals surface area contributed by atoms with Gasteiger partial charge in [0.05, 0.1) is 0 Å². The van der Waals surface area contributed by atoms with Crippen LogP contribution in [0.25, 0.3) is 0 Å². The zero-order chi connectivity index (χ0) is 11.8. The van der Waals surface area contributed by atoms with Crippen molar-refractivity contribution in [2.45, 2.75) is 32.6 Å². The molecule has 0 atom stereocenters. The highest BCUT2D eigenvalue weighted by Crippen LogP contribution is 2.14. The number of hydrogen-bond donors (Lipinski definition) is 2. The van der Waals surface area contributed by atoms with E-state index in [0.29, 0.717) is 5.92 Å². The van der Waals surface area contributed by atoms with E-state index in [4.69, 9.17) is 0 Å². The molecule has 0 unspecified atom stereocenters. The molecule has 94 valence electrons. The fraction of sp³-hybridized carbons (Fsp3) is 0.917. The molecule has 1 fully saturated rings. The molecule has 4 nitrogen and oxygen atoms in total. The fourth-order valence-electron chi connectivity index (χ4n) is 1.94. The first-order valence-corrected chi connectivity index (χ1v) is 6.42. The predicted molar refractivity (Wildman–Crippen MR) is 66.5 cm³/mol. The smallest absolute Gasteiger partial charge is 0.314 e. The maximum absolute atomic E-state index is 11.4. The maximum atomic E-state index is 11.4. The molecule has 1 rings (SSSR count). The normalized spacial score (nSPS) is 18.4.